The van der Waals surface area contributed by atoms with Crippen LogP contribution in [0.3, 0.4) is 0 Å². The number of nitrogens with zero attached hydrogens (tertiary/aromatic N) is 5. The molecule has 20 rings (SSSR count). The predicted molar refractivity (Wildman–Crippen MR) is 624 cm³/mol. The fourth-order valence-electron chi connectivity index (χ4n) is 21.6. The molecule has 0 fully saturated rings. The average molecular weight is 1920 g/mol. The Labute approximate surface area is 877 Å². The molecule has 15 aromatic carbocycles. The van der Waals surface area contributed by atoms with Gasteiger partial charge in [0.05, 0.1) is 0 Å². The molecule has 20 aromatic rings. The van der Waals surface area contributed by atoms with Crippen LogP contribution >= 0.6 is 0 Å². The average Bonchev–Trinajstić information content (AvgIpc) is 0.790. The standard InChI is InChI=1S/3C29H30N.C28H28N.C27H26N/c1-19-10-7-8-13-25(19)24-15-14-20(2)26(16-24)28-17-27(23(5)18-30(28)6)29-21(3)11-9-12-22(29)4;1-19-11-14-26(22(4)15-19)27-17-29(30(6)18-23(27)5)28-16-24(13-12-21(28)3)25-10-8-7-9-20(25)2;1-19-15-22(4)29(23(5)16-19)25-13-14-30(6)28(18-25)27-17-24(12-11-21(27)3)26-10-8-7-9-20(26)2;1-19-10-6-8-12-24(19)23-15-14-21(3)27(16-23)28-17-26(22(4)18-29(28)5)25-13-9-7-11-20(25)2;1-19-10-8-9-13-24(19)23-15-14-20(2)26(16-23)27-17-25(21(3)18-28(27)4)22-11-6-5-7-12-22/h3*7-18H,1-6H3;6-18H,1-5H3;5-18H,1-4H3/q5*+1. The van der Waals surface area contributed by atoms with Crippen molar-refractivity contribution in [2.75, 3.05) is 0 Å². The van der Waals surface area contributed by atoms with Crippen LogP contribution in [0.15, 0.2) is 383 Å². The van der Waals surface area contributed by atoms with Gasteiger partial charge in [0.1, 0.15) is 35.2 Å². The Bertz CT molecular complexity index is 8300. The van der Waals surface area contributed by atoms with Crippen molar-refractivity contribution >= 4 is 0 Å². The Hall–Kier alpha value is -16.0. The molecule has 5 heteroatoms. The highest BCUT2D eigenvalue weighted by Gasteiger charge is 2.27. The quantitative estimate of drug-likeness (QED) is 0.0912. The molecule has 0 saturated carbocycles. The summed E-state index contributed by atoms with van der Waals surface area (Å²) < 4.78 is 11.2. The van der Waals surface area contributed by atoms with Gasteiger partial charge >= 0.3 is 0 Å². The number of hydrogen-bond donors (Lipinski definition) is 0. The molecular formula is C142H144N5+5. The van der Waals surface area contributed by atoms with Gasteiger partial charge < -0.3 is 0 Å². The molecule has 0 bridgehead atoms. The fraction of sp³-hybridized carbons (Fsp3) is 0.190. The van der Waals surface area contributed by atoms with Gasteiger partial charge in [-0.15, -0.1) is 0 Å². The maximum Gasteiger partial charge on any atom is 0.213 e. The van der Waals surface area contributed by atoms with Crippen molar-refractivity contribution in [3.8, 4) is 168 Å². The third kappa shape index (κ3) is 23.2. The molecule has 5 aromatic heterocycles. The molecule has 0 saturated heterocycles. The number of rotatable bonds is 15. The van der Waals surface area contributed by atoms with Crippen LogP contribution in [0.1, 0.15) is 122 Å². The van der Waals surface area contributed by atoms with E-state index in [2.05, 4.69) is 593 Å². The zero-order valence-electron chi connectivity index (χ0n) is 91.6. The minimum atomic E-state index is 1.23. The number of aromatic nitrogens is 5. The van der Waals surface area contributed by atoms with Gasteiger partial charge in [-0.3, -0.25) is 0 Å². The van der Waals surface area contributed by atoms with Gasteiger partial charge in [-0.2, -0.15) is 0 Å². The minimum absolute atomic E-state index is 1.23. The van der Waals surface area contributed by atoms with Crippen LogP contribution in [-0.4, -0.2) is 0 Å². The van der Waals surface area contributed by atoms with Crippen LogP contribution in [0.5, 0.6) is 0 Å². The Kier molecular flexibility index (Phi) is 32.2. The molecule has 0 unspecified atom stereocenters. The van der Waals surface area contributed by atoms with E-state index in [0.29, 0.717) is 0 Å². The van der Waals surface area contributed by atoms with E-state index in [1.165, 1.54) is 290 Å². The Morgan fingerprint density at radius 2 is 0.381 bits per heavy atom. The van der Waals surface area contributed by atoms with Crippen LogP contribution < -0.4 is 22.8 Å². The van der Waals surface area contributed by atoms with Gasteiger partial charge in [-0.05, 0) is 383 Å². The van der Waals surface area contributed by atoms with Gasteiger partial charge in [0, 0.05) is 86.5 Å². The van der Waals surface area contributed by atoms with Crippen molar-refractivity contribution in [1.82, 2.24) is 0 Å². The highest BCUT2D eigenvalue weighted by atomic mass is 14.9. The van der Waals surface area contributed by atoms with Gasteiger partial charge in [0.25, 0.3) is 0 Å². The van der Waals surface area contributed by atoms with Crippen LogP contribution in [0, 0.1) is 152 Å². The van der Waals surface area contributed by atoms with Gasteiger partial charge in [0.2, 0.25) is 28.5 Å². The van der Waals surface area contributed by atoms with E-state index in [4.69, 9.17) is 0 Å². The van der Waals surface area contributed by atoms with E-state index in [9.17, 15) is 0 Å². The smallest absolute Gasteiger partial charge is 0.201 e. The molecule has 0 radical (unpaired) electrons. The lowest BCUT2D eigenvalue weighted by Gasteiger charge is -2.15. The van der Waals surface area contributed by atoms with E-state index < -0.39 is 0 Å². The summed E-state index contributed by atoms with van der Waals surface area (Å²) in [5.41, 5.74) is 67.1. The molecule has 0 spiro atoms. The maximum atomic E-state index is 2.37. The van der Waals surface area contributed by atoms with E-state index in [1.807, 2.05) is 0 Å². The van der Waals surface area contributed by atoms with E-state index in [1.54, 1.807) is 0 Å². The van der Waals surface area contributed by atoms with Crippen molar-refractivity contribution in [1.29, 1.82) is 0 Å². The third-order valence-corrected chi connectivity index (χ3v) is 29.8. The second-order valence-electron chi connectivity index (χ2n) is 41.1. The molecule has 0 aliphatic heterocycles. The monoisotopic (exact) mass is 1920 g/mol. The second-order valence-corrected chi connectivity index (χ2v) is 41.1. The summed E-state index contributed by atoms with van der Waals surface area (Å²) in [4.78, 5) is 0. The Morgan fingerprint density at radius 1 is 0.122 bits per heavy atom. The van der Waals surface area contributed by atoms with Crippen molar-refractivity contribution in [2.45, 2.75) is 152 Å². The van der Waals surface area contributed by atoms with Gasteiger partial charge in [-0.25, -0.2) is 22.8 Å². The molecular weight excluding hydrogens is 1780 g/mol. The summed E-state index contributed by atoms with van der Waals surface area (Å²) in [5, 5.41) is 0. The van der Waals surface area contributed by atoms with Crippen molar-refractivity contribution < 1.29 is 22.8 Å². The van der Waals surface area contributed by atoms with E-state index >= 15 is 0 Å². The first kappa shape index (κ1) is 104. The van der Waals surface area contributed by atoms with Crippen molar-refractivity contribution in [2.24, 2.45) is 35.2 Å². The molecule has 732 valence electrons. The Morgan fingerprint density at radius 3 is 0.707 bits per heavy atom. The SMILES string of the molecule is Cc1cc(C)c(-c2cc[n+](C)c(-c3cc(-c4ccccc4C)ccc3C)c2)c(C)c1.Cc1ccc(-c2cc(-c3cc(-c4ccccc4C)ccc3C)[n+](C)cc2C)c(C)c1.Cc1ccccc1-c1ccc(C)c(-c2cc(-c3c(C)cccc3C)c(C)c[n+]2C)c1.Cc1ccccc1-c1ccc(C)c(-c2cc(-c3ccccc3)c(C)c[n+]2C)c1.Cc1ccccc1-c1ccc(C)c(-c2cc(-c3ccccc3C)c(C)c[n+]2C)c1. The fourth-order valence-corrected chi connectivity index (χ4v) is 21.6. The summed E-state index contributed by atoms with van der Waals surface area (Å²) in [6, 6.07) is 128. The minimum Gasteiger partial charge on any atom is -0.201 e. The third-order valence-electron chi connectivity index (χ3n) is 29.8. The number of aryl methyl sites for hydroxylation is 27. The lowest BCUT2D eigenvalue weighted by Crippen LogP contribution is -2.31. The first-order valence-electron chi connectivity index (χ1n) is 51.8. The van der Waals surface area contributed by atoms with E-state index in [0.717, 1.165) is 0 Å². The zero-order valence-corrected chi connectivity index (χ0v) is 91.6. The number of benzene rings is 15. The summed E-state index contributed by atoms with van der Waals surface area (Å²) in [5.74, 6) is 0. The Balaban J connectivity index is 0.000000131. The molecule has 0 aliphatic carbocycles. The van der Waals surface area contributed by atoms with Crippen LogP contribution in [-0.2, 0) is 35.2 Å². The highest BCUT2D eigenvalue weighted by Crippen LogP contribution is 2.42. The largest absolute Gasteiger partial charge is 0.213 e. The van der Waals surface area contributed by atoms with Gasteiger partial charge in [0.15, 0.2) is 31.0 Å². The van der Waals surface area contributed by atoms with Gasteiger partial charge in [-0.1, -0.05) is 296 Å². The summed E-state index contributed by atoms with van der Waals surface area (Å²) in [6.07, 6.45) is 11.2. The van der Waals surface area contributed by atoms with Crippen LogP contribution in [0.2, 0.25) is 0 Å². The first-order chi connectivity index (χ1) is 70.5. The second kappa shape index (κ2) is 45.6. The molecule has 0 amide bonds. The normalized spacial score (nSPS) is 11.0. The van der Waals surface area contributed by atoms with Crippen LogP contribution in [0.25, 0.3) is 168 Å². The van der Waals surface area contributed by atoms with Crippen LogP contribution in [0.4, 0.5) is 0 Å². The zero-order chi connectivity index (χ0) is 104. The molecule has 5 heterocycles. The predicted octanol–water partition coefficient (Wildman–Crippen LogP) is 34.3. The highest BCUT2D eigenvalue weighted by molar-refractivity contribution is 5.86. The number of pyridine rings is 5. The number of hydrogen-bond acceptors (Lipinski definition) is 0. The van der Waals surface area contributed by atoms with Crippen molar-refractivity contribution in [3.63, 3.8) is 0 Å². The molecule has 147 heavy (non-hydrogen) atoms. The lowest BCUT2D eigenvalue weighted by atomic mass is 9.90. The molecule has 0 aliphatic rings. The van der Waals surface area contributed by atoms with Crippen molar-refractivity contribution in [3.05, 3.63) is 505 Å². The molecule has 0 atom stereocenters. The first-order valence-corrected chi connectivity index (χ1v) is 51.8. The topological polar surface area (TPSA) is 19.4 Å². The maximum absolute atomic E-state index is 2.37. The summed E-state index contributed by atoms with van der Waals surface area (Å²) in [7, 11) is 10.7. The summed E-state index contributed by atoms with van der Waals surface area (Å²) in [6.45, 7) is 48.2. The van der Waals surface area contributed by atoms with E-state index in [-0.39, 0.29) is 0 Å². The molecule has 5 nitrogen and oxygen atoms in total. The molecule has 0 N–H and O–H groups in total. The lowest BCUT2D eigenvalue weighted by molar-refractivity contribution is -0.660. The summed E-state index contributed by atoms with van der Waals surface area (Å²) >= 11 is 0.